The van der Waals surface area contributed by atoms with Gasteiger partial charge >= 0.3 is 0 Å². The zero-order chi connectivity index (χ0) is 28.1. The van der Waals surface area contributed by atoms with Crippen LogP contribution in [0.25, 0.3) is 22.2 Å². The molecule has 0 N–H and O–H groups in total. The van der Waals surface area contributed by atoms with E-state index in [9.17, 15) is 14.4 Å². The standard InChI is InChI=1S/C28H27BrN8O3/c1-15(38)27-18-9-20(17-10-31-25(32-11-17)13-35(2)3)30-12-23(18)36(34-27)14-26(39)37-21-7-16(21)8-22(37)28(40)19-5-4-6-24(29)33-19/h4-6,9-12,16,21-22H,7-8,13-14H2,1-3H3/t16-,21-,22+/m1/s1. The van der Waals surface area contributed by atoms with Crippen molar-refractivity contribution < 1.29 is 14.4 Å². The van der Waals surface area contributed by atoms with Crippen LogP contribution in [0.15, 0.2) is 47.5 Å². The molecule has 0 spiro atoms. The summed E-state index contributed by atoms with van der Waals surface area (Å²) in [5.74, 6) is 0.414. The number of piperidine rings is 1. The number of nitrogens with zero attached hydrogens (tertiary/aromatic N) is 8. The first-order chi connectivity index (χ1) is 19.2. The SMILES string of the molecule is CC(=O)c1nn(CC(=O)N2[C@@H]3C[C@@H]3C[C@H]2C(=O)c2cccc(Br)n2)c2cnc(-c3cnc(CN(C)C)nc3)cc12. The first kappa shape index (κ1) is 26.3. The number of hydrogen-bond acceptors (Lipinski definition) is 9. The molecule has 2 fully saturated rings. The number of ketones is 2. The number of aromatic nitrogens is 6. The number of amides is 1. The Kier molecular flexibility index (Phi) is 6.75. The molecule has 4 aromatic heterocycles. The van der Waals surface area contributed by atoms with Gasteiger partial charge in [-0.15, -0.1) is 0 Å². The molecule has 204 valence electrons. The van der Waals surface area contributed by atoms with Crippen molar-refractivity contribution in [2.45, 2.75) is 44.9 Å². The summed E-state index contributed by atoms with van der Waals surface area (Å²) in [7, 11) is 3.89. The topological polar surface area (TPSA) is 127 Å². The van der Waals surface area contributed by atoms with Crippen LogP contribution in [0.4, 0.5) is 0 Å². The van der Waals surface area contributed by atoms with Crippen LogP contribution in [0.2, 0.25) is 0 Å². The zero-order valence-electron chi connectivity index (χ0n) is 22.3. The summed E-state index contributed by atoms with van der Waals surface area (Å²) in [4.78, 5) is 60.9. The Morgan fingerprint density at radius 1 is 1.07 bits per heavy atom. The minimum atomic E-state index is -0.563. The molecule has 0 unspecified atom stereocenters. The summed E-state index contributed by atoms with van der Waals surface area (Å²) in [5, 5.41) is 5.10. The second-order valence-corrected chi connectivity index (χ2v) is 11.4. The van der Waals surface area contributed by atoms with Gasteiger partial charge in [0.2, 0.25) is 11.7 Å². The number of rotatable bonds is 8. The van der Waals surface area contributed by atoms with Gasteiger partial charge in [-0.1, -0.05) is 6.07 Å². The summed E-state index contributed by atoms with van der Waals surface area (Å²) >= 11 is 3.32. The van der Waals surface area contributed by atoms with Crippen molar-refractivity contribution in [1.29, 1.82) is 0 Å². The zero-order valence-corrected chi connectivity index (χ0v) is 23.9. The summed E-state index contributed by atoms with van der Waals surface area (Å²) in [6.45, 7) is 1.96. The third kappa shape index (κ3) is 4.92. The normalized spacial score (nSPS) is 19.7. The molecule has 1 saturated heterocycles. The molecule has 6 rings (SSSR count). The molecule has 11 nitrogen and oxygen atoms in total. The van der Waals surface area contributed by atoms with E-state index in [-0.39, 0.29) is 35.8 Å². The fourth-order valence-electron chi connectivity index (χ4n) is 5.44. The van der Waals surface area contributed by atoms with Crippen LogP contribution in [0.3, 0.4) is 0 Å². The van der Waals surface area contributed by atoms with Crippen molar-refractivity contribution in [1.82, 2.24) is 39.5 Å². The lowest BCUT2D eigenvalue weighted by Crippen LogP contribution is -2.45. The lowest BCUT2D eigenvalue weighted by atomic mass is 10.0. The molecule has 1 aliphatic heterocycles. The Balaban J connectivity index is 1.28. The van der Waals surface area contributed by atoms with Crippen LogP contribution >= 0.6 is 15.9 Å². The first-order valence-corrected chi connectivity index (χ1v) is 13.8. The van der Waals surface area contributed by atoms with Gasteiger partial charge in [0.15, 0.2) is 5.78 Å². The largest absolute Gasteiger partial charge is 0.327 e. The molecular formula is C28H27BrN8O3. The predicted molar refractivity (Wildman–Crippen MR) is 149 cm³/mol. The van der Waals surface area contributed by atoms with Crippen LogP contribution in [0.5, 0.6) is 0 Å². The third-order valence-corrected chi connectivity index (χ3v) is 7.82. The highest BCUT2D eigenvalue weighted by Gasteiger charge is 2.56. The van der Waals surface area contributed by atoms with Crippen LogP contribution < -0.4 is 0 Å². The Hall–Kier alpha value is -3.90. The number of pyridine rings is 2. The van der Waals surface area contributed by atoms with Crippen LogP contribution in [-0.4, -0.2) is 83.2 Å². The van der Waals surface area contributed by atoms with Gasteiger partial charge in [0, 0.05) is 36.3 Å². The van der Waals surface area contributed by atoms with Gasteiger partial charge in [-0.25, -0.2) is 15.0 Å². The van der Waals surface area contributed by atoms with Gasteiger partial charge in [-0.05, 0) is 67.0 Å². The van der Waals surface area contributed by atoms with E-state index in [4.69, 9.17) is 0 Å². The maximum atomic E-state index is 13.6. The molecule has 1 aliphatic carbocycles. The van der Waals surface area contributed by atoms with Crippen molar-refractivity contribution in [3.63, 3.8) is 0 Å². The van der Waals surface area contributed by atoms with E-state index in [1.54, 1.807) is 47.8 Å². The van der Waals surface area contributed by atoms with Gasteiger partial charge in [-0.3, -0.25) is 24.0 Å². The smallest absolute Gasteiger partial charge is 0.245 e. The van der Waals surface area contributed by atoms with E-state index in [1.807, 2.05) is 19.0 Å². The van der Waals surface area contributed by atoms with Crippen molar-refractivity contribution in [2.24, 2.45) is 5.92 Å². The number of carbonyl (C=O) groups is 3. The quantitative estimate of drug-likeness (QED) is 0.220. The minimum absolute atomic E-state index is 0.0444. The summed E-state index contributed by atoms with van der Waals surface area (Å²) in [6, 6.07) is 6.45. The van der Waals surface area contributed by atoms with Crippen molar-refractivity contribution in [2.75, 3.05) is 14.1 Å². The van der Waals surface area contributed by atoms with Crippen LogP contribution in [0.1, 0.15) is 46.6 Å². The highest BCUT2D eigenvalue weighted by Crippen LogP contribution is 2.48. The monoisotopic (exact) mass is 602 g/mol. The van der Waals surface area contributed by atoms with Crippen LogP contribution in [0, 0.1) is 5.92 Å². The second-order valence-electron chi connectivity index (χ2n) is 10.6. The Morgan fingerprint density at radius 3 is 2.55 bits per heavy atom. The van der Waals surface area contributed by atoms with E-state index >= 15 is 0 Å². The molecule has 3 atom stereocenters. The lowest BCUT2D eigenvalue weighted by molar-refractivity contribution is -0.133. The summed E-state index contributed by atoms with van der Waals surface area (Å²) < 4.78 is 2.08. The highest BCUT2D eigenvalue weighted by molar-refractivity contribution is 9.10. The van der Waals surface area contributed by atoms with Crippen LogP contribution in [-0.2, 0) is 17.9 Å². The van der Waals surface area contributed by atoms with E-state index in [0.29, 0.717) is 57.2 Å². The molecule has 1 saturated carbocycles. The Morgan fingerprint density at radius 2 is 1.85 bits per heavy atom. The van der Waals surface area contributed by atoms with E-state index in [1.165, 1.54) is 11.6 Å². The van der Waals surface area contributed by atoms with Crippen molar-refractivity contribution >= 4 is 44.3 Å². The molecular weight excluding hydrogens is 576 g/mol. The summed E-state index contributed by atoms with van der Waals surface area (Å²) in [5.41, 5.74) is 2.47. The number of Topliss-reactive ketones (excluding diaryl/α,β-unsaturated/α-hetero) is 2. The van der Waals surface area contributed by atoms with Gasteiger partial charge < -0.3 is 9.80 Å². The fourth-order valence-corrected chi connectivity index (χ4v) is 5.78. The van der Waals surface area contributed by atoms with E-state index in [2.05, 4.69) is 41.0 Å². The van der Waals surface area contributed by atoms with Crippen molar-refractivity contribution in [3.05, 3.63) is 64.7 Å². The molecule has 0 bridgehead atoms. The number of hydrogen-bond donors (Lipinski definition) is 0. The average Bonchev–Trinajstić information content (AvgIpc) is 3.43. The first-order valence-electron chi connectivity index (χ1n) is 13.0. The highest BCUT2D eigenvalue weighted by atomic mass is 79.9. The molecule has 12 heteroatoms. The minimum Gasteiger partial charge on any atom is -0.327 e. The predicted octanol–water partition coefficient (Wildman–Crippen LogP) is 3.18. The molecule has 5 heterocycles. The Labute approximate surface area is 238 Å². The third-order valence-electron chi connectivity index (χ3n) is 7.38. The number of fused-ring (bicyclic) bond motifs is 2. The lowest BCUT2D eigenvalue weighted by Gasteiger charge is -2.26. The second kappa shape index (κ2) is 10.3. The van der Waals surface area contributed by atoms with Gasteiger partial charge in [0.05, 0.1) is 30.0 Å². The van der Waals surface area contributed by atoms with Crippen molar-refractivity contribution in [3.8, 4) is 11.3 Å². The average molecular weight is 603 g/mol. The van der Waals surface area contributed by atoms with Gasteiger partial charge in [0.25, 0.3) is 0 Å². The fraction of sp³-hybridized carbons (Fsp3) is 0.357. The molecule has 4 aromatic rings. The van der Waals surface area contributed by atoms with E-state index < -0.39 is 6.04 Å². The van der Waals surface area contributed by atoms with Gasteiger partial charge in [-0.2, -0.15) is 5.10 Å². The molecule has 0 aromatic carbocycles. The Bertz CT molecular complexity index is 1650. The number of likely N-dealkylation sites (tertiary alicyclic amines) is 1. The molecule has 1 amide bonds. The number of carbonyl (C=O) groups excluding carboxylic acids is 3. The molecule has 0 radical (unpaired) electrons. The molecule has 2 aliphatic rings. The van der Waals surface area contributed by atoms with E-state index in [0.717, 1.165) is 6.42 Å². The summed E-state index contributed by atoms with van der Waals surface area (Å²) in [6.07, 6.45) is 6.54. The maximum Gasteiger partial charge on any atom is 0.245 e. The molecule has 40 heavy (non-hydrogen) atoms. The van der Waals surface area contributed by atoms with Gasteiger partial charge in [0.1, 0.15) is 28.4 Å². The maximum absolute atomic E-state index is 13.6. The number of halogens is 1.